The first-order valence-corrected chi connectivity index (χ1v) is 10.6. The number of rotatable bonds is 9. The van der Waals surface area contributed by atoms with Crippen LogP contribution in [0.4, 0.5) is 0 Å². The molecule has 0 bridgehead atoms. The van der Waals surface area contributed by atoms with Crippen LogP contribution in [0.1, 0.15) is 30.0 Å². The van der Waals surface area contributed by atoms with E-state index < -0.39 is 22.0 Å². The largest absolute Gasteiger partial charge is 0.496 e. The van der Waals surface area contributed by atoms with Crippen molar-refractivity contribution in [3.63, 3.8) is 0 Å². The van der Waals surface area contributed by atoms with Crippen molar-refractivity contribution in [2.45, 2.75) is 37.8 Å². The fourth-order valence-corrected chi connectivity index (χ4v) is 4.60. The summed E-state index contributed by atoms with van der Waals surface area (Å²) in [6, 6.07) is 6.43. The molecule has 0 aliphatic heterocycles. The number of carbonyl (C=O) groups is 1. The Labute approximate surface area is 171 Å². The normalized spacial score (nSPS) is 13.9. The number of nitrogens with one attached hydrogen (secondary N) is 2. The van der Waals surface area contributed by atoms with Gasteiger partial charge in [-0.2, -0.15) is 4.72 Å². The molecule has 0 spiro atoms. The summed E-state index contributed by atoms with van der Waals surface area (Å²) in [7, 11) is 1.45. The number of benzene rings is 1. The molecule has 1 unspecified atom stereocenters. The molecule has 0 saturated carbocycles. The summed E-state index contributed by atoms with van der Waals surface area (Å²) < 4.78 is 37.9. The highest BCUT2D eigenvalue weighted by Gasteiger charge is 2.28. The Hall–Kier alpha value is -2.43. The first kappa shape index (κ1) is 22.9. The second-order valence-corrected chi connectivity index (χ2v) is 8.61. The summed E-state index contributed by atoms with van der Waals surface area (Å²) in [6.07, 6.45) is 0. The van der Waals surface area contributed by atoms with Crippen molar-refractivity contribution < 1.29 is 22.5 Å². The molecule has 29 heavy (non-hydrogen) atoms. The topological polar surface area (TPSA) is 114 Å². The Bertz CT molecular complexity index is 936. The number of carbonyl (C=O) groups excluding carboxylic acids is 1. The van der Waals surface area contributed by atoms with Crippen LogP contribution in [-0.4, -0.2) is 58.2 Å². The van der Waals surface area contributed by atoms with Crippen LogP contribution in [0.2, 0.25) is 0 Å². The summed E-state index contributed by atoms with van der Waals surface area (Å²) in [5.74, 6) is 0.446. The van der Waals surface area contributed by atoms with Gasteiger partial charge in [0.15, 0.2) is 5.76 Å². The van der Waals surface area contributed by atoms with Crippen LogP contribution < -0.4 is 14.8 Å². The highest BCUT2D eigenvalue weighted by atomic mass is 32.2. The third-order valence-corrected chi connectivity index (χ3v) is 6.34. The van der Waals surface area contributed by atoms with Gasteiger partial charge in [0, 0.05) is 12.1 Å². The second-order valence-electron chi connectivity index (χ2n) is 6.96. The molecular weight excluding hydrogens is 396 g/mol. The van der Waals surface area contributed by atoms with Crippen LogP contribution in [0.5, 0.6) is 5.75 Å². The number of hydrogen-bond donors (Lipinski definition) is 2. The molecule has 2 aromatic rings. The van der Waals surface area contributed by atoms with Gasteiger partial charge >= 0.3 is 0 Å². The third-order valence-electron chi connectivity index (χ3n) is 4.55. The van der Waals surface area contributed by atoms with Crippen molar-refractivity contribution in [2.75, 3.05) is 27.7 Å². The van der Waals surface area contributed by atoms with E-state index in [0.717, 1.165) is 5.56 Å². The maximum atomic E-state index is 12.6. The number of ether oxygens (including phenoxy) is 1. The fourth-order valence-electron chi connectivity index (χ4n) is 3.07. The molecule has 0 radical (unpaired) electrons. The summed E-state index contributed by atoms with van der Waals surface area (Å²) >= 11 is 0. The zero-order chi connectivity index (χ0) is 21.8. The Morgan fingerprint density at radius 1 is 1.28 bits per heavy atom. The lowest BCUT2D eigenvalue weighted by molar-refractivity contribution is -0.122. The second kappa shape index (κ2) is 9.38. The van der Waals surface area contributed by atoms with Gasteiger partial charge in [-0.15, -0.1) is 0 Å². The number of nitrogens with zero attached hydrogens (tertiary/aromatic N) is 2. The number of likely N-dealkylation sites (N-methyl/N-ethyl adjacent to an activating group) is 1. The van der Waals surface area contributed by atoms with Crippen LogP contribution in [0.15, 0.2) is 33.7 Å². The van der Waals surface area contributed by atoms with Gasteiger partial charge in [0.25, 0.3) is 0 Å². The van der Waals surface area contributed by atoms with Gasteiger partial charge in [0.1, 0.15) is 16.3 Å². The lowest BCUT2D eigenvalue weighted by Gasteiger charge is -2.27. The van der Waals surface area contributed by atoms with E-state index in [4.69, 9.17) is 9.26 Å². The quantitative estimate of drug-likeness (QED) is 0.625. The van der Waals surface area contributed by atoms with Crippen molar-refractivity contribution in [3.05, 3.63) is 41.3 Å². The van der Waals surface area contributed by atoms with Crippen LogP contribution in [0, 0.1) is 13.8 Å². The Kier molecular flexibility index (Phi) is 7.39. The minimum atomic E-state index is -3.94. The number of para-hydroxylation sites is 1. The van der Waals surface area contributed by atoms with Crippen molar-refractivity contribution >= 4 is 15.9 Å². The van der Waals surface area contributed by atoms with E-state index in [1.54, 1.807) is 7.11 Å². The number of sulfonamides is 1. The maximum absolute atomic E-state index is 12.6. The molecule has 9 nitrogen and oxygen atoms in total. The molecule has 0 saturated heterocycles. The van der Waals surface area contributed by atoms with Crippen molar-refractivity contribution in [1.29, 1.82) is 0 Å². The molecule has 1 heterocycles. The van der Waals surface area contributed by atoms with E-state index >= 15 is 0 Å². The van der Waals surface area contributed by atoms with Gasteiger partial charge in [0.2, 0.25) is 15.9 Å². The predicted octanol–water partition coefficient (Wildman–Crippen LogP) is 1.39. The molecular formula is C19H28N4O5S. The molecule has 0 aliphatic rings. The first-order valence-electron chi connectivity index (χ1n) is 9.10. The van der Waals surface area contributed by atoms with Crippen LogP contribution in [-0.2, 0) is 14.8 Å². The minimum absolute atomic E-state index is 0.0441. The fraction of sp³-hybridized carbons (Fsp3) is 0.474. The van der Waals surface area contributed by atoms with E-state index in [-0.39, 0.29) is 28.9 Å². The van der Waals surface area contributed by atoms with Crippen molar-refractivity contribution in [2.24, 2.45) is 0 Å². The molecule has 2 atom stereocenters. The molecule has 0 fully saturated rings. The smallest absolute Gasteiger partial charge is 0.246 e. The molecule has 1 amide bonds. The molecule has 160 valence electrons. The summed E-state index contributed by atoms with van der Waals surface area (Å²) in [5.41, 5.74) is 1.16. The van der Waals surface area contributed by atoms with E-state index in [9.17, 15) is 13.2 Å². The zero-order valence-electron chi connectivity index (χ0n) is 17.5. The third kappa shape index (κ3) is 5.34. The Morgan fingerprint density at radius 3 is 2.48 bits per heavy atom. The van der Waals surface area contributed by atoms with E-state index in [0.29, 0.717) is 5.75 Å². The molecule has 2 N–H and O–H groups in total. The monoisotopic (exact) mass is 424 g/mol. The minimum Gasteiger partial charge on any atom is -0.496 e. The van der Waals surface area contributed by atoms with Crippen LogP contribution in [0.3, 0.4) is 0 Å². The predicted molar refractivity (Wildman–Crippen MR) is 108 cm³/mol. The van der Waals surface area contributed by atoms with E-state index in [2.05, 4.69) is 15.2 Å². The number of hydrogen-bond acceptors (Lipinski definition) is 7. The molecule has 10 heteroatoms. The summed E-state index contributed by atoms with van der Waals surface area (Å²) in [5, 5.41) is 6.46. The van der Waals surface area contributed by atoms with Gasteiger partial charge in [-0.1, -0.05) is 23.4 Å². The zero-order valence-corrected chi connectivity index (χ0v) is 18.3. The van der Waals surface area contributed by atoms with Gasteiger partial charge < -0.3 is 19.5 Å². The number of aromatic nitrogens is 1. The molecule has 1 aromatic carbocycles. The molecule has 0 aliphatic carbocycles. The highest BCUT2D eigenvalue weighted by Crippen LogP contribution is 2.27. The van der Waals surface area contributed by atoms with Gasteiger partial charge in [-0.3, -0.25) is 4.79 Å². The lowest BCUT2D eigenvalue weighted by Crippen LogP contribution is -2.46. The van der Waals surface area contributed by atoms with Gasteiger partial charge in [-0.25, -0.2) is 8.42 Å². The SMILES string of the molecule is COc1ccccc1C(CNC(=O)[C@H](C)NS(=O)(=O)c1c(C)noc1C)N(C)C. The average molecular weight is 425 g/mol. The number of aryl methyl sites for hydroxylation is 2. The Balaban J connectivity index is 2.08. The Morgan fingerprint density at radius 2 is 1.93 bits per heavy atom. The van der Waals surface area contributed by atoms with E-state index in [1.807, 2.05) is 43.3 Å². The first-order chi connectivity index (χ1) is 13.6. The summed E-state index contributed by atoms with van der Waals surface area (Å²) in [6.45, 7) is 4.81. The highest BCUT2D eigenvalue weighted by molar-refractivity contribution is 7.89. The van der Waals surface area contributed by atoms with Gasteiger partial charge in [0.05, 0.1) is 19.2 Å². The standard InChI is InChI=1S/C19H28N4O5S/c1-12-18(14(3)28-21-12)29(25,26)22-13(2)19(24)20-11-16(23(4)5)15-9-7-8-10-17(15)27-6/h7-10,13,16,22H,11H2,1-6H3,(H,20,24)/t13-,16?/m0/s1. The van der Waals surface area contributed by atoms with Crippen molar-refractivity contribution in [1.82, 2.24) is 20.1 Å². The van der Waals surface area contributed by atoms with Crippen LogP contribution in [0.25, 0.3) is 0 Å². The summed E-state index contributed by atoms with van der Waals surface area (Å²) in [4.78, 5) is 14.5. The van der Waals surface area contributed by atoms with Crippen molar-refractivity contribution in [3.8, 4) is 5.75 Å². The van der Waals surface area contributed by atoms with Crippen LogP contribution >= 0.6 is 0 Å². The molecule has 2 rings (SSSR count). The lowest BCUT2D eigenvalue weighted by atomic mass is 10.0. The number of methoxy groups -OCH3 is 1. The van der Waals surface area contributed by atoms with E-state index in [1.165, 1.54) is 20.8 Å². The molecule has 1 aromatic heterocycles. The average Bonchev–Trinajstić information content (AvgIpc) is 3.00. The maximum Gasteiger partial charge on any atom is 0.246 e. The number of amides is 1. The van der Waals surface area contributed by atoms with Gasteiger partial charge in [-0.05, 0) is 40.9 Å².